The number of ether oxygens (including phenoxy) is 1. The first-order valence-electron chi connectivity index (χ1n) is 7.73. The van der Waals surface area contributed by atoms with Gasteiger partial charge in [-0.25, -0.2) is 9.37 Å². The Labute approximate surface area is 153 Å². The zero-order valence-electron chi connectivity index (χ0n) is 14.1. The lowest BCUT2D eigenvalue weighted by atomic mass is 10.1. The van der Waals surface area contributed by atoms with Gasteiger partial charge in [-0.15, -0.1) is 0 Å². The van der Waals surface area contributed by atoms with Crippen molar-refractivity contribution >= 4 is 33.2 Å². The Morgan fingerprint density at radius 1 is 1.40 bits per heavy atom. The second-order valence-corrected chi connectivity index (χ2v) is 6.38. The lowest BCUT2D eigenvalue weighted by Crippen LogP contribution is -2.26. The van der Waals surface area contributed by atoms with Crippen molar-refractivity contribution in [3.8, 4) is 5.75 Å². The molecule has 25 heavy (non-hydrogen) atoms. The zero-order chi connectivity index (χ0) is 18.1. The average molecular weight is 406 g/mol. The highest BCUT2D eigenvalue weighted by Gasteiger charge is 2.18. The van der Waals surface area contributed by atoms with Crippen molar-refractivity contribution in [3.05, 3.63) is 58.2 Å². The molecule has 130 valence electrons. The lowest BCUT2D eigenvalue weighted by Gasteiger charge is -2.19. The van der Waals surface area contributed by atoms with Crippen molar-refractivity contribution in [2.75, 3.05) is 19.1 Å². The standard InChI is InChI=1S/C18H17BrFN3O2/c1-4-11-7-13(10-23-16(19)9-21-17(11)23)22(2)18(24)12-5-6-14(20)15(8-12)25-3/h5-10H,4H2,1-3H3. The van der Waals surface area contributed by atoms with Crippen LogP contribution in [-0.2, 0) is 6.42 Å². The van der Waals surface area contributed by atoms with Gasteiger partial charge in [0.1, 0.15) is 10.3 Å². The number of hydrogen-bond acceptors (Lipinski definition) is 3. The summed E-state index contributed by atoms with van der Waals surface area (Å²) in [5.41, 5.74) is 2.95. The molecule has 0 aliphatic carbocycles. The topological polar surface area (TPSA) is 46.8 Å². The van der Waals surface area contributed by atoms with E-state index in [-0.39, 0.29) is 11.7 Å². The van der Waals surface area contributed by atoms with Crippen LogP contribution in [0.15, 0.2) is 41.3 Å². The van der Waals surface area contributed by atoms with Crippen LogP contribution >= 0.6 is 15.9 Å². The number of carbonyl (C=O) groups is 1. The molecule has 0 aliphatic heterocycles. The number of halogens is 2. The van der Waals surface area contributed by atoms with Crippen LogP contribution in [0.25, 0.3) is 5.65 Å². The minimum absolute atomic E-state index is 0.0429. The van der Waals surface area contributed by atoms with Gasteiger partial charge in [0.15, 0.2) is 11.6 Å². The Morgan fingerprint density at radius 2 is 2.16 bits per heavy atom. The third-order valence-electron chi connectivity index (χ3n) is 4.09. The highest BCUT2D eigenvalue weighted by molar-refractivity contribution is 9.10. The van der Waals surface area contributed by atoms with Crippen LogP contribution in [0.4, 0.5) is 10.1 Å². The van der Waals surface area contributed by atoms with Crippen LogP contribution in [0.2, 0.25) is 0 Å². The Kier molecular flexibility index (Phi) is 4.76. The smallest absolute Gasteiger partial charge is 0.258 e. The van der Waals surface area contributed by atoms with Gasteiger partial charge in [0.25, 0.3) is 5.91 Å². The summed E-state index contributed by atoms with van der Waals surface area (Å²) < 4.78 is 21.2. The van der Waals surface area contributed by atoms with Crippen LogP contribution in [0.1, 0.15) is 22.8 Å². The molecule has 1 amide bonds. The Hall–Kier alpha value is -2.41. The molecule has 0 bridgehead atoms. The minimum atomic E-state index is -0.501. The van der Waals surface area contributed by atoms with E-state index in [1.807, 2.05) is 23.6 Å². The Morgan fingerprint density at radius 3 is 2.84 bits per heavy atom. The van der Waals surface area contributed by atoms with Crippen molar-refractivity contribution in [2.45, 2.75) is 13.3 Å². The van der Waals surface area contributed by atoms with E-state index in [0.717, 1.165) is 27.9 Å². The molecule has 2 heterocycles. The molecule has 0 unspecified atom stereocenters. The molecule has 0 aliphatic rings. The Balaban J connectivity index is 2.02. The molecular formula is C18H17BrFN3O2. The molecule has 0 saturated carbocycles. The fourth-order valence-corrected chi connectivity index (χ4v) is 3.03. The zero-order valence-corrected chi connectivity index (χ0v) is 15.7. The van der Waals surface area contributed by atoms with E-state index in [4.69, 9.17) is 4.74 Å². The fraction of sp³-hybridized carbons (Fsp3) is 0.222. The number of aryl methyl sites for hydroxylation is 1. The number of aromatic nitrogens is 2. The summed E-state index contributed by atoms with van der Waals surface area (Å²) in [5, 5.41) is 0. The summed E-state index contributed by atoms with van der Waals surface area (Å²) >= 11 is 3.46. The second kappa shape index (κ2) is 6.84. The van der Waals surface area contributed by atoms with Crippen LogP contribution in [0, 0.1) is 5.82 Å². The molecule has 5 nitrogen and oxygen atoms in total. The molecule has 3 aromatic rings. The van der Waals surface area contributed by atoms with Crippen molar-refractivity contribution < 1.29 is 13.9 Å². The first kappa shape index (κ1) is 17.4. The fourth-order valence-electron chi connectivity index (χ4n) is 2.66. The van der Waals surface area contributed by atoms with E-state index in [9.17, 15) is 9.18 Å². The first-order valence-corrected chi connectivity index (χ1v) is 8.52. The molecule has 0 radical (unpaired) electrons. The van der Waals surface area contributed by atoms with Gasteiger partial charge in [0, 0.05) is 18.8 Å². The maximum absolute atomic E-state index is 13.6. The number of imidazole rings is 1. The van der Waals surface area contributed by atoms with Crippen molar-refractivity contribution in [1.29, 1.82) is 0 Å². The van der Waals surface area contributed by atoms with Crippen molar-refractivity contribution in [2.24, 2.45) is 0 Å². The van der Waals surface area contributed by atoms with Gasteiger partial charge in [-0.05, 0) is 52.2 Å². The number of fused-ring (bicyclic) bond motifs is 1. The van der Waals surface area contributed by atoms with Gasteiger partial charge in [0.2, 0.25) is 0 Å². The number of benzene rings is 1. The summed E-state index contributed by atoms with van der Waals surface area (Å²) in [4.78, 5) is 18.7. The van der Waals surface area contributed by atoms with Gasteiger partial charge >= 0.3 is 0 Å². The normalized spacial score (nSPS) is 10.9. The Bertz CT molecular complexity index is 955. The van der Waals surface area contributed by atoms with E-state index < -0.39 is 5.82 Å². The summed E-state index contributed by atoms with van der Waals surface area (Å²) in [7, 11) is 3.05. The minimum Gasteiger partial charge on any atom is -0.494 e. The third kappa shape index (κ3) is 3.11. The van der Waals surface area contributed by atoms with Crippen LogP contribution in [0.5, 0.6) is 5.75 Å². The summed E-state index contributed by atoms with van der Waals surface area (Å²) in [6.45, 7) is 2.04. The molecule has 0 atom stereocenters. The van der Waals surface area contributed by atoms with Gasteiger partial charge in [-0.1, -0.05) is 6.92 Å². The molecule has 3 rings (SSSR count). The van der Waals surface area contributed by atoms with Crippen LogP contribution in [-0.4, -0.2) is 29.4 Å². The number of carbonyl (C=O) groups excluding carboxylic acids is 1. The molecule has 0 N–H and O–H groups in total. The van der Waals surface area contributed by atoms with Gasteiger partial charge in [0.05, 0.1) is 19.0 Å². The van der Waals surface area contributed by atoms with Crippen molar-refractivity contribution in [1.82, 2.24) is 9.38 Å². The maximum atomic E-state index is 13.6. The van der Waals surface area contributed by atoms with E-state index in [1.54, 1.807) is 13.2 Å². The summed E-state index contributed by atoms with van der Waals surface area (Å²) in [6, 6.07) is 6.02. The maximum Gasteiger partial charge on any atom is 0.258 e. The average Bonchev–Trinajstić information content (AvgIpc) is 3.01. The van der Waals surface area contributed by atoms with Crippen LogP contribution in [0.3, 0.4) is 0 Å². The second-order valence-electron chi connectivity index (χ2n) is 5.57. The molecule has 7 heteroatoms. The highest BCUT2D eigenvalue weighted by Crippen LogP contribution is 2.25. The number of rotatable bonds is 4. The monoisotopic (exact) mass is 405 g/mol. The number of methoxy groups -OCH3 is 1. The quantitative estimate of drug-likeness (QED) is 0.656. The van der Waals surface area contributed by atoms with Crippen LogP contribution < -0.4 is 9.64 Å². The molecule has 0 fully saturated rings. The molecular weight excluding hydrogens is 389 g/mol. The van der Waals surface area contributed by atoms with Crippen molar-refractivity contribution in [3.63, 3.8) is 0 Å². The van der Waals surface area contributed by atoms with Gasteiger partial charge in [-0.3, -0.25) is 9.20 Å². The molecule has 2 aromatic heterocycles. The molecule has 0 spiro atoms. The molecule has 0 saturated heterocycles. The van der Waals surface area contributed by atoms with Gasteiger partial charge < -0.3 is 9.64 Å². The summed E-state index contributed by atoms with van der Waals surface area (Å²) in [5.74, 6) is -0.712. The third-order valence-corrected chi connectivity index (χ3v) is 4.68. The first-order chi connectivity index (χ1) is 12.0. The van der Waals surface area contributed by atoms with E-state index in [0.29, 0.717) is 5.56 Å². The molecule has 1 aromatic carbocycles. The number of anilines is 1. The summed E-state index contributed by atoms with van der Waals surface area (Å²) in [6.07, 6.45) is 4.35. The largest absolute Gasteiger partial charge is 0.494 e. The van der Waals surface area contributed by atoms with E-state index in [1.165, 1.54) is 30.2 Å². The SMILES string of the molecule is CCc1cc(N(C)C(=O)c2ccc(F)c(OC)c2)cn2c(Br)cnc12. The van der Waals surface area contributed by atoms with Gasteiger partial charge in [-0.2, -0.15) is 0 Å². The van der Waals surface area contributed by atoms with E-state index >= 15 is 0 Å². The predicted octanol–water partition coefficient (Wildman–Crippen LogP) is 4.08. The highest BCUT2D eigenvalue weighted by atomic mass is 79.9. The number of pyridine rings is 1. The van der Waals surface area contributed by atoms with E-state index in [2.05, 4.69) is 20.9 Å². The lowest BCUT2D eigenvalue weighted by molar-refractivity contribution is 0.0992. The number of hydrogen-bond donors (Lipinski definition) is 0. The predicted molar refractivity (Wildman–Crippen MR) is 98.0 cm³/mol. The number of nitrogens with zero attached hydrogens (tertiary/aromatic N) is 3. The number of amides is 1.